The Morgan fingerprint density at radius 3 is 2.19 bits per heavy atom. The average molecular weight is 306 g/mol. The van der Waals surface area contributed by atoms with Crippen molar-refractivity contribution >= 4 is 23.1 Å². The van der Waals surface area contributed by atoms with Gasteiger partial charge in [0, 0.05) is 11.6 Å². The molecular formula is C17H24ClN3. The molecule has 114 valence electrons. The van der Waals surface area contributed by atoms with Crippen molar-refractivity contribution in [1.82, 2.24) is 4.98 Å². The van der Waals surface area contributed by atoms with Gasteiger partial charge in [-0.3, -0.25) is 0 Å². The maximum atomic E-state index is 6.43. The molecule has 0 saturated carbocycles. The lowest BCUT2D eigenvalue weighted by atomic mass is 9.96. The van der Waals surface area contributed by atoms with E-state index in [2.05, 4.69) is 53.0 Å². The summed E-state index contributed by atoms with van der Waals surface area (Å²) in [6.07, 6.45) is 0. The Kier molecular flexibility index (Phi) is 4.43. The summed E-state index contributed by atoms with van der Waals surface area (Å²) in [6.45, 7) is 16.8. The molecule has 1 aromatic heterocycles. The number of aromatic nitrogens is 1. The van der Waals surface area contributed by atoms with Crippen LogP contribution < -0.4 is 4.90 Å². The molecule has 21 heavy (non-hydrogen) atoms. The first-order chi connectivity index (χ1) is 9.73. The number of hydrogen-bond acceptors (Lipinski definition) is 3. The summed E-state index contributed by atoms with van der Waals surface area (Å²) in [5, 5.41) is 0.716. The smallest absolute Gasteiger partial charge is 0.143 e. The Hall–Kier alpha value is -1.35. The zero-order valence-electron chi connectivity index (χ0n) is 13.7. The van der Waals surface area contributed by atoms with Crippen molar-refractivity contribution in [2.24, 2.45) is 10.9 Å². The second-order valence-electron chi connectivity index (χ2n) is 6.41. The van der Waals surface area contributed by atoms with Crippen molar-refractivity contribution < 1.29 is 0 Å². The van der Waals surface area contributed by atoms with Crippen molar-refractivity contribution in [3.8, 4) is 0 Å². The Bertz CT molecular complexity index is 600. The van der Waals surface area contributed by atoms with E-state index in [4.69, 9.17) is 21.6 Å². The molecule has 0 fully saturated rings. The Labute approximate surface area is 132 Å². The lowest BCUT2D eigenvalue weighted by molar-refractivity contribution is 0.716. The second-order valence-corrected chi connectivity index (χ2v) is 6.82. The maximum absolute atomic E-state index is 6.43. The predicted octanol–water partition coefficient (Wildman–Crippen LogP) is 5.00. The molecule has 0 unspecified atom stereocenters. The Balaban J connectivity index is 2.72. The highest BCUT2D eigenvalue weighted by Gasteiger charge is 2.29. The number of fused-ring (bicyclic) bond motifs is 1. The van der Waals surface area contributed by atoms with Gasteiger partial charge in [0.15, 0.2) is 0 Å². The molecule has 1 aliphatic heterocycles. The van der Waals surface area contributed by atoms with Crippen LogP contribution in [0.1, 0.15) is 58.7 Å². The van der Waals surface area contributed by atoms with Gasteiger partial charge in [-0.1, -0.05) is 45.9 Å². The molecule has 0 aromatic carbocycles. The Morgan fingerprint density at radius 2 is 1.71 bits per heavy atom. The lowest BCUT2D eigenvalue weighted by Gasteiger charge is -2.34. The molecule has 0 atom stereocenters. The molecule has 0 aliphatic carbocycles. The first kappa shape index (κ1) is 16.0. The van der Waals surface area contributed by atoms with Crippen LogP contribution >= 0.6 is 11.6 Å². The number of pyridine rings is 1. The monoisotopic (exact) mass is 305 g/mol. The van der Waals surface area contributed by atoms with Crippen LogP contribution in [0.5, 0.6) is 0 Å². The zero-order chi connectivity index (χ0) is 15.9. The minimum absolute atomic E-state index is 0.252. The van der Waals surface area contributed by atoms with E-state index in [-0.39, 0.29) is 12.0 Å². The van der Waals surface area contributed by atoms with Gasteiger partial charge in [0.2, 0.25) is 0 Å². The molecule has 4 heteroatoms. The number of halogens is 1. The highest BCUT2D eigenvalue weighted by Crippen LogP contribution is 2.36. The highest BCUT2D eigenvalue weighted by atomic mass is 35.5. The molecule has 2 heterocycles. The number of aliphatic imine (C=N–C) groups is 1. The molecule has 3 nitrogen and oxygen atoms in total. The van der Waals surface area contributed by atoms with Crippen LogP contribution in [0.3, 0.4) is 0 Å². The third-order valence-corrected chi connectivity index (χ3v) is 3.93. The summed E-state index contributed by atoms with van der Waals surface area (Å²) in [4.78, 5) is 11.6. The molecule has 2 rings (SSSR count). The van der Waals surface area contributed by atoms with Gasteiger partial charge in [0.1, 0.15) is 11.6 Å². The van der Waals surface area contributed by atoms with Crippen molar-refractivity contribution in [3.05, 3.63) is 34.7 Å². The number of rotatable bonds is 3. The van der Waals surface area contributed by atoms with Gasteiger partial charge in [-0.2, -0.15) is 0 Å². The van der Waals surface area contributed by atoms with E-state index in [0.717, 1.165) is 28.6 Å². The lowest BCUT2D eigenvalue weighted by Crippen LogP contribution is -2.35. The van der Waals surface area contributed by atoms with Gasteiger partial charge in [0.25, 0.3) is 0 Å². The summed E-state index contributed by atoms with van der Waals surface area (Å²) in [5.74, 6) is 2.27. The minimum atomic E-state index is 0.252. The molecule has 0 spiro atoms. The maximum Gasteiger partial charge on any atom is 0.143 e. The van der Waals surface area contributed by atoms with E-state index in [1.54, 1.807) is 0 Å². The average Bonchev–Trinajstić information content (AvgIpc) is 2.36. The van der Waals surface area contributed by atoms with E-state index in [9.17, 15) is 0 Å². The SMILES string of the molecule is C=C1N=C(C(C)C)c2cc(Cl)c(C(C)C)nc2N1C(C)C. The van der Waals surface area contributed by atoms with Crippen molar-refractivity contribution in [2.45, 2.75) is 53.5 Å². The molecule has 0 radical (unpaired) electrons. The van der Waals surface area contributed by atoms with Crippen LogP contribution in [0.2, 0.25) is 5.02 Å². The van der Waals surface area contributed by atoms with Gasteiger partial charge < -0.3 is 4.90 Å². The van der Waals surface area contributed by atoms with Gasteiger partial charge in [-0.05, 0) is 31.7 Å². The largest absolute Gasteiger partial charge is 0.308 e. The van der Waals surface area contributed by atoms with Crippen molar-refractivity contribution in [1.29, 1.82) is 0 Å². The summed E-state index contributed by atoms with van der Waals surface area (Å²) < 4.78 is 0. The van der Waals surface area contributed by atoms with E-state index in [1.165, 1.54) is 0 Å². The predicted molar refractivity (Wildman–Crippen MR) is 91.5 cm³/mol. The molecule has 1 aromatic rings. The fraction of sp³-hybridized carbons (Fsp3) is 0.529. The number of hydrogen-bond donors (Lipinski definition) is 0. The molecule has 0 saturated heterocycles. The standard InChI is InChI=1S/C17H24ClN3/c1-9(2)15-13-8-14(18)16(10(3)4)20-17(13)21(11(5)6)12(7)19-15/h8-11H,7H2,1-6H3. The zero-order valence-corrected chi connectivity index (χ0v) is 14.5. The summed E-state index contributed by atoms with van der Waals surface area (Å²) >= 11 is 6.43. The third kappa shape index (κ3) is 2.84. The van der Waals surface area contributed by atoms with Gasteiger partial charge >= 0.3 is 0 Å². The first-order valence-electron chi connectivity index (χ1n) is 7.51. The van der Waals surface area contributed by atoms with Crippen LogP contribution in [0.15, 0.2) is 23.5 Å². The van der Waals surface area contributed by atoms with Gasteiger partial charge in [-0.25, -0.2) is 9.98 Å². The van der Waals surface area contributed by atoms with Crippen molar-refractivity contribution in [3.63, 3.8) is 0 Å². The van der Waals surface area contributed by atoms with Crippen LogP contribution in [0.25, 0.3) is 0 Å². The second kappa shape index (κ2) is 5.80. The number of anilines is 1. The van der Waals surface area contributed by atoms with Crippen LogP contribution in [-0.2, 0) is 0 Å². The normalized spacial score (nSPS) is 15.0. The van der Waals surface area contributed by atoms with E-state index < -0.39 is 0 Å². The summed E-state index contributed by atoms with van der Waals surface area (Å²) in [5.41, 5.74) is 2.97. The minimum Gasteiger partial charge on any atom is -0.308 e. The van der Waals surface area contributed by atoms with Crippen LogP contribution in [0, 0.1) is 5.92 Å². The van der Waals surface area contributed by atoms with Gasteiger partial charge in [0.05, 0.1) is 16.4 Å². The molecular weight excluding hydrogens is 282 g/mol. The van der Waals surface area contributed by atoms with E-state index >= 15 is 0 Å². The van der Waals surface area contributed by atoms with Crippen LogP contribution in [-0.4, -0.2) is 16.7 Å². The fourth-order valence-corrected chi connectivity index (χ4v) is 3.00. The molecule has 1 aliphatic rings. The fourth-order valence-electron chi connectivity index (χ4n) is 2.63. The molecule has 0 bridgehead atoms. The topological polar surface area (TPSA) is 28.5 Å². The van der Waals surface area contributed by atoms with Crippen molar-refractivity contribution in [2.75, 3.05) is 4.90 Å². The first-order valence-corrected chi connectivity index (χ1v) is 7.89. The summed E-state index contributed by atoms with van der Waals surface area (Å²) in [7, 11) is 0. The number of nitrogens with zero attached hydrogens (tertiary/aromatic N) is 3. The molecule has 0 N–H and O–H groups in total. The van der Waals surface area contributed by atoms with E-state index in [1.807, 2.05) is 6.07 Å². The van der Waals surface area contributed by atoms with Crippen LogP contribution in [0.4, 0.5) is 5.82 Å². The molecule has 0 amide bonds. The summed E-state index contributed by atoms with van der Waals surface area (Å²) in [6, 6.07) is 2.27. The third-order valence-electron chi connectivity index (χ3n) is 3.62. The van der Waals surface area contributed by atoms with E-state index in [0.29, 0.717) is 10.9 Å². The van der Waals surface area contributed by atoms with Gasteiger partial charge in [-0.15, -0.1) is 0 Å². The highest BCUT2D eigenvalue weighted by molar-refractivity contribution is 6.32. The quantitative estimate of drug-likeness (QED) is 0.786. The Morgan fingerprint density at radius 1 is 1.10 bits per heavy atom.